The zero-order valence-corrected chi connectivity index (χ0v) is 12.5. The number of nitrogens with zero attached hydrogens (tertiary/aromatic N) is 2. The highest BCUT2D eigenvalue weighted by atomic mass is 16.6. The van der Waals surface area contributed by atoms with Crippen LogP contribution in [-0.2, 0) is 11.2 Å². The summed E-state index contributed by atoms with van der Waals surface area (Å²) in [5.74, 6) is 0.105. The maximum absolute atomic E-state index is 12.2. The Balaban J connectivity index is 2.15. The second-order valence-electron chi connectivity index (χ2n) is 6.29. The van der Waals surface area contributed by atoms with Gasteiger partial charge in [0.25, 0.3) is 0 Å². The normalized spacial score (nSPS) is 19.2. The molecule has 1 aromatic heterocycles. The Morgan fingerprint density at radius 2 is 2.15 bits per heavy atom. The number of amides is 1. The van der Waals surface area contributed by atoms with Crippen molar-refractivity contribution in [2.45, 2.75) is 45.6 Å². The van der Waals surface area contributed by atoms with Crippen molar-refractivity contribution in [3.63, 3.8) is 0 Å². The highest BCUT2D eigenvalue weighted by molar-refractivity contribution is 5.68. The lowest BCUT2D eigenvalue weighted by molar-refractivity contribution is 0.0248. The number of carbonyl (C=O) groups excluding carboxylic acids is 1. The van der Waals surface area contributed by atoms with E-state index in [1.165, 1.54) is 0 Å². The summed E-state index contributed by atoms with van der Waals surface area (Å²) in [5, 5.41) is 9.51. The third kappa shape index (κ3) is 3.40. The van der Waals surface area contributed by atoms with Gasteiger partial charge in [-0.05, 0) is 32.8 Å². The van der Waals surface area contributed by atoms with Crippen LogP contribution in [0.2, 0.25) is 0 Å². The first kappa shape index (κ1) is 14.6. The Kier molecular flexibility index (Phi) is 3.88. The second-order valence-corrected chi connectivity index (χ2v) is 6.29. The van der Waals surface area contributed by atoms with Crippen LogP contribution in [0.25, 0.3) is 0 Å². The molecule has 0 radical (unpaired) electrons. The zero-order valence-electron chi connectivity index (χ0n) is 12.5. The molecule has 1 N–H and O–H groups in total. The summed E-state index contributed by atoms with van der Waals surface area (Å²) in [6, 6.07) is 3.47. The number of carbonyl (C=O) groups is 1. The van der Waals surface area contributed by atoms with E-state index in [0.29, 0.717) is 13.1 Å². The van der Waals surface area contributed by atoms with Gasteiger partial charge in [0.05, 0.1) is 5.69 Å². The lowest BCUT2D eigenvalue weighted by Gasteiger charge is -2.27. The molecular formula is C15H22N2O3. The van der Waals surface area contributed by atoms with Crippen molar-refractivity contribution >= 4 is 6.09 Å². The SMILES string of the molecule is CC1CN(C(=O)OC(C)(C)C)CCc2ccc(O)nc21. The van der Waals surface area contributed by atoms with Crippen LogP contribution < -0.4 is 0 Å². The number of hydrogen-bond donors (Lipinski definition) is 1. The molecule has 1 aromatic rings. The van der Waals surface area contributed by atoms with E-state index in [-0.39, 0.29) is 17.9 Å². The summed E-state index contributed by atoms with van der Waals surface area (Å²) in [7, 11) is 0. The summed E-state index contributed by atoms with van der Waals surface area (Å²) in [6.07, 6.45) is 0.438. The minimum Gasteiger partial charge on any atom is -0.493 e. The second kappa shape index (κ2) is 5.31. The average molecular weight is 278 g/mol. The van der Waals surface area contributed by atoms with E-state index in [0.717, 1.165) is 17.7 Å². The molecule has 0 bridgehead atoms. The van der Waals surface area contributed by atoms with Gasteiger partial charge in [0.2, 0.25) is 5.88 Å². The van der Waals surface area contributed by atoms with E-state index < -0.39 is 5.60 Å². The molecule has 1 aliphatic heterocycles. The summed E-state index contributed by atoms with van der Waals surface area (Å²) >= 11 is 0. The number of fused-ring (bicyclic) bond motifs is 1. The number of pyridine rings is 1. The first-order valence-corrected chi connectivity index (χ1v) is 6.93. The molecule has 5 heteroatoms. The standard InChI is InChI=1S/C15H22N2O3/c1-10-9-17(14(19)20-15(2,3)4)8-7-11-5-6-12(18)16-13(10)11/h5-6,10H,7-9H2,1-4H3,(H,16,18). The molecule has 1 aliphatic rings. The third-order valence-electron chi connectivity index (χ3n) is 3.26. The van der Waals surface area contributed by atoms with Crippen LogP contribution in [0.4, 0.5) is 4.79 Å². The molecule has 2 heterocycles. The molecule has 0 aliphatic carbocycles. The van der Waals surface area contributed by atoms with Crippen LogP contribution in [0.5, 0.6) is 5.88 Å². The fourth-order valence-electron chi connectivity index (χ4n) is 2.39. The molecule has 0 aromatic carbocycles. The van der Waals surface area contributed by atoms with Crippen molar-refractivity contribution in [3.05, 3.63) is 23.4 Å². The van der Waals surface area contributed by atoms with Gasteiger partial charge in [0.1, 0.15) is 5.60 Å². The van der Waals surface area contributed by atoms with Gasteiger partial charge in [-0.25, -0.2) is 9.78 Å². The fourth-order valence-corrected chi connectivity index (χ4v) is 2.39. The Bertz CT molecular complexity index is 508. The quantitative estimate of drug-likeness (QED) is 0.792. The van der Waals surface area contributed by atoms with E-state index >= 15 is 0 Å². The van der Waals surface area contributed by atoms with Gasteiger partial charge < -0.3 is 14.7 Å². The minimum atomic E-state index is -0.490. The molecule has 1 amide bonds. The summed E-state index contributed by atoms with van der Waals surface area (Å²) in [4.78, 5) is 18.1. The number of hydrogen-bond acceptors (Lipinski definition) is 4. The lowest BCUT2D eigenvalue weighted by atomic mass is 10.0. The van der Waals surface area contributed by atoms with Crippen molar-refractivity contribution in [2.24, 2.45) is 0 Å². The largest absolute Gasteiger partial charge is 0.493 e. The van der Waals surface area contributed by atoms with Gasteiger partial charge >= 0.3 is 6.09 Å². The zero-order chi connectivity index (χ0) is 14.9. The van der Waals surface area contributed by atoms with Crippen molar-refractivity contribution in [3.8, 4) is 5.88 Å². The Hall–Kier alpha value is -1.78. The summed E-state index contributed by atoms with van der Waals surface area (Å²) in [6.45, 7) is 8.76. The van der Waals surface area contributed by atoms with Crippen LogP contribution in [0.1, 0.15) is 44.9 Å². The highest BCUT2D eigenvalue weighted by Gasteiger charge is 2.27. The van der Waals surface area contributed by atoms with Gasteiger partial charge in [0, 0.05) is 25.1 Å². The topological polar surface area (TPSA) is 62.7 Å². The number of rotatable bonds is 0. The van der Waals surface area contributed by atoms with E-state index in [4.69, 9.17) is 4.74 Å². The highest BCUT2D eigenvalue weighted by Crippen LogP contribution is 2.26. The maximum Gasteiger partial charge on any atom is 0.410 e. The predicted molar refractivity (Wildman–Crippen MR) is 75.8 cm³/mol. The monoisotopic (exact) mass is 278 g/mol. The van der Waals surface area contributed by atoms with Crippen LogP contribution in [0.3, 0.4) is 0 Å². The van der Waals surface area contributed by atoms with Crippen LogP contribution in [0, 0.1) is 0 Å². The Morgan fingerprint density at radius 1 is 1.45 bits per heavy atom. The molecule has 0 saturated carbocycles. The number of aromatic nitrogens is 1. The van der Waals surface area contributed by atoms with Gasteiger partial charge in [-0.3, -0.25) is 0 Å². The Labute approximate surface area is 119 Å². The Morgan fingerprint density at radius 3 is 2.80 bits per heavy atom. The van der Waals surface area contributed by atoms with Gasteiger partial charge in [-0.1, -0.05) is 13.0 Å². The predicted octanol–water partition coefficient (Wildman–Crippen LogP) is 2.68. The fraction of sp³-hybridized carbons (Fsp3) is 0.600. The maximum atomic E-state index is 12.2. The van der Waals surface area contributed by atoms with Crippen LogP contribution in [0.15, 0.2) is 12.1 Å². The van der Waals surface area contributed by atoms with Crippen molar-refractivity contribution in [1.82, 2.24) is 9.88 Å². The number of aromatic hydroxyl groups is 1. The van der Waals surface area contributed by atoms with E-state index in [1.807, 2.05) is 33.8 Å². The van der Waals surface area contributed by atoms with Crippen LogP contribution in [-0.4, -0.2) is 39.8 Å². The molecule has 5 nitrogen and oxygen atoms in total. The number of ether oxygens (including phenoxy) is 1. The smallest absolute Gasteiger partial charge is 0.410 e. The van der Waals surface area contributed by atoms with Gasteiger partial charge in [-0.2, -0.15) is 0 Å². The minimum absolute atomic E-state index is 0.0290. The first-order valence-electron chi connectivity index (χ1n) is 6.93. The molecule has 0 saturated heterocycles. The molecule has 1 unspecified atom stereocenters. The average Bonchev–Trinajstić information content (AvgIpc) is 2.47. The summed E-state index contributed by atoms with van der Waals surface area (Å²) < 4.78 is 5.42. The lowest BCUT2D eigenvalue weighted by Crippen LogP contribution is -2.38. The molecule has 20 heavy (non-hydrogen) atoms. The van der Waals surface area contributed by atoms with E-state index in [1.54, 1.807) is 11.0 Å². The van der Waals surface area contributed by atoms with Crippen molar-refractivity contribution < 1.29 is 14.6 Å². The molecule has 2 rings (SSSR count). The first-order chi connectivity index (χ1) is 9.26. The van der Waals surface area contributed by atoms with E-state index in [2.05, 4.69) is 4.98 Å². The molecule has 1 atom stereocenters. The van der Waals surface area contributed by atoms with Crippen molar-refractivity contribution in [2.75, 3.05) is 13.1 Å². The third-order valence-corrected chi connectivity index (χ3v) is 3.26. The molecule has 0 spiro atoms. The van der Waals surface area contributed by atoms with Crippen molar-refractivity contribution in [1.29, 1.82) is 0 Å². The van der Waals surface area contributed by atoms with Crippen LogP contribution >= 0.6 is 0 Å². The molecule has 110 valence electrons. The van der Waals surface area contributed by atoms with E-state index in [9.17, 15) is 9.90 Å². The molecule has 0 fully saturated rings. The molecular weight excluding hydrogens is 256 g/mol. The van der Waals surface area contributed by atoms with Gasteiger partial charge in [0.15, 0.2) is 0 Å². The van der Waals surface area contributed by atoms with Gasteiger partial charge in [-0.15, -0.1) is 0 Å². The summed E-state index contributed by atoms with van der Waals surface area (Å²) in [5.41, 5.74) is 1.47.